The highest BCUT2D eigenvalue weighted by molar-refractivity contribution is 5.88. The molecule has 1 N–H and O–H groups in total. The summed E-state index contributed by atoms with van der Waals surface area (Å²) in [6.07, 6.45) is 0.163. The van der Waals surface area contributed by atoms with Gasteiger partial charge in [-0.15, -0.1) is 0 Å². The summed E-state index contributed by atoms with van der Waals surface area (Å²) in [5.74, 6) is -1.35. The van der Waals surface area contributed by atoms with E-state index < -0.39 is 11.5 Å². The van der Waals surface area contributed by atoms with Crippen molar-refractivity contribution in [3.63, 3.8) is 0 Å². The SMILES string of the molecule is Cc1cc(C)n(CCC(=O)N(C)C)c(=O)c1C(=O)O. The van der Waals surface area contributed by atoms with Crippen molar-refractivity contribution in [3.05, 3.63) is 33.2 Å². The fourth-order valence-electron chi connectivity index (χ4n) is 1.90. The summed E-state index contributed by atoms with van der Waals surface area (Å²) in [5.41, 5.74) is 0.295. The number of amides is 1. The van der Waals surface area contributed by atoms with Gasteiger partial charge in [-0.05, 0) is 25.5 Å². The topological polar surface area (TPSA) is 79.6 Å². The largest absolute Gasteiger partial charge is 0.477 e. The molecule has 0 saturated carbocycles. The number of aromatic nitrogens is 1. The molecule has 6 nitrogen and oxygen atoms in total. The second-order valence-corrected chi connectivity index (χ2v) is 4.64. The first-order chi connectivity index (χ1) is 8.75. The standard InChI is InChI=1S/C13H18N2O4/c1-8-7-9(2)15(6-5-10(16)14(3)4)12(17)11(8)13(18)19/h7H,5-6H2,1-4H3,(H,18,19). The van der Waals surface area contributed by atoms with Gasteiger partial charge in [0.15, 0.2) is 0 Å². The summed E-state index contributed by atoms with van der Waals surface area (Å²) >= 11 is 0. The second kappa shape index (κ2) is 5.69. The molecule has 0 atom stereocenters. The van der Waals surface area contributed by atoms with Gasteiger partial charge in [-0.3, -0.25) is 9.59 Å². The number of nitrogens with zero attached hydrogens (tertiary/aromatic N) is 2. The summed E-state index contributed by atoms with van der Waals surface area (Å²) in [6.45, 7) is 3.50. The van der Waals surface area contributed by atoms with Gasteiger partial charge in [-0.2, -0.15) is 0 Å². The maximum absolute atomic E-state index is 12.1. The average molecular weight is 266 g/mol. The molecule has 0 fully saturated rings. The van der Waals surface area contributed by atoms with Crippen LogP contribution < -0.4 is 5.56 Å². The minimum Gasteiger partial charge on any atom is -0.477 e. The van der Waals surface area contributed by atoms with Crippen molar-refractivity contribution in [2.45, 2.75) is 26.8 Å². The van der Waals surface area contributed by atoms with Crippen molar-refractivity contribution >= 4 is 11.9 Å². The zero-order chi connectivity index (χ0) is 14.7. The van der Waals surface area contributed by atoms with Gasteiger partial charge in [0.05, 0.1) is 0 Å². The Balaban J connectivity index is 3.15. The van der Waals surface area contributed by atoms with Crippen molar-refractivity contribution in [1.82, 2.24) is 9.47 Å². The van der Waals surface area contributed by atoms with Gasteiger partial charge in [-0.25, -0.2) is 4.79 Å². The summed E-state index contributed by atoms with van der Waals surface area (Å²) in [4.78, 5) is 36.1. The molecule has 104 valence electrons. The van der Waals surface area contributed by atoms with Crippen LogP contribution in [0.15, 0.2) is 10.9 Å². The third kappa shape index (κ3) is 3.21. The number of rotatable bonds is 4. The van der Waals surface area contributed by atoms with E-state index in [1.54, 1.807) is 34.0 Å². The number of hydrogen-bond donors (Lipinski definition) is 1. The van der Waals surface area contributed by atoms with E-state index in [9.17, 15) is 14.4 Å². The fraction of sp³-hybridized carbons (Fsp3) is 0.462. The third-order valence-corrected chi connectivity index (χ3v) is 2.97. The number of aryl methyl sites for hydroxylation is 2. The molecule has 19 heavy (non-hydrogen) atoms. The quantitative estimate of drug-likeness (QED) is 0.867. The molecule has 1 aromatic rings. The van der Waals surface area contributed by atoms with E-state index in [0.717, 1.165) is 0 Å². The molecule has 0 unspecified atom stereocenters. The van der Waals surface area contributed by atoms with Crippen molar-refractivity contribution in [2.75, 3.05) is 14.1 Å². The molecular formula is C13H18N2O4. The van der Waals surface area contributed by atoms with Gasteiger partial charge in [0.2, 0.25) is 5.91 Å². The van der Waals surface area contributed by atoms with E-state index in [2.05, 4.69) is 0 Å². The highest BCUT2D eigenvalue weighted by Gasteiger charge is 2.17. The molecule has 1 amide bonds. The Kier molecular flexibility index (Phi) is 4.47. The van der Waals surface area contributed by atoms with Gasteiger partial charge in [0, 0.05) is 32.8 Å². The van der Waals surface area contributed by atoms with Gasteiger partial charge in [0.25, 0.3) is 5.56 Å². The average Bonchev–Trinajstić information content (AvgIpc) is 2.26. The Bertz CT molecular complexity index is 573. The maximum Gasteiger partial charge on any atom is 0.341 e. The lowest BCUT2D eigenvalue weighted by molar-refractivity contribution is -0.128. The van der Waals surface area contributed by atoms with Crippen LogP contribution in [-0.2, 0) is 11.3 Å². The highest BCUT2D eigenvalue weighted by atomic mass is 16.4. The Labute approximate surface area is 111 Å². The number of carboxylic acids is 1. The van der Waals surface area contributed by atoms with Crippen LogP contribution in [0.5, 0.6) is 0 Å². The smallest absolute Gasteiger partial charge is 0.341 e. The summed E-state index contributed by atoms with van der Waals surface area (Å²) in [6, 6.07) is 1.64. The number of carbonyl (C=O) groups is 2. The first kappa shape index (κ1) is 14.9. The first-order valence-corrected chi connectivity index (χ1v) is 5.90. The van der Waals surface area contributed by atoms with Crippen molar-refractivity contribution in [1.29, 1.82) is 0 Å². The van der Waals surface area contributed by atoms with Crippen LogP contribution in [0.3, 0.4) is 0 Å². The molecule has 1 aromatic heterocycles. The van der Waals surface area contributed by atoms with Crippen molar-refractivity contribution < 1.29 is 14.7 Å². The lowest BCUT2D eigenvalue weighted by Gasteiger charge is -2.14. The molecule has 0 aromatic carbocycles. The number of carboxylic acid groups (broad SMARTS) is 1. The van der Waals surface area contributed by atoms with Gasteiger partial charge < -0.3 is 14.6 Å². The van der Waals surface area contributed by atoms with E-state index in [1.165, 1.54) is 9.47 Å². The molecule has 0 spiro atoms. The number of pyridine rings is 1. The van der Waals surface area contributed by atoms with Crippen LogP contribution in [0, 0.1) is 13.8 Å². The number of aromatic carboxylic acids is 1. The lowest BCUT2D eigenvalue weighted by atomic mass is 10.1. The van der Waals surface area contributed by atoms with Crippen LogP contribution in [0.4, 0.5) is 0 Å². The first-order valence-electron chi connectivity index (χ1n) is 5.90. The molecule has 0 aliphatic rings. The fourth-order valence-corrected chi connectivity index (χ4v) is 1.90. The van der Waals surface area contributed by atoms with Gasteiger partial charge in [-0.1, -0.05) is 0 Å². The van der Waals surface area contributed by atoms with Crippen LogP contribution in [0.2, 0.25) is 0 Å². The normalized spacial score (nSPS) is 10.3. The second-order valence-electron chi connectivity index (χ2n) is 4.64. The van der Waals surface area contributed by atoms with E-state index in [1.807, 2.05) is 0 Å². The molecule has 6 heteroatoms. The van der Waals surface area contributed by atoms with Gasteiger partial charge >= 0.3 is 5.97 Å². The van der Waals surface area contributed by atoms with Crippen LogP contribution in [-0.4, -0.2) is 40.5 Å². The minimum atomic E-state index is -1.24. The van der Waals surface area contributed by atoms with Crippen LogP contribution in [0.25, 0.3) is 0 Å². The Hall–Kier alpha value is -2.11. The summed E-state index contributed by atoms with van der Waals surface area (Å²) < 4.78 is 1.33. The zero-order valence-corrected chi connectivity index (χ0v) is 11.6. The van der Waals surface area contributed by atoms with E-state index in [0.29, 0.717) is 11.3 Å². The molecule has 0 bridgehead atoms. The predicted octanol–water partition coefficient (Wildman–Crippen LogP) is 0.642. The van der Waals surface area contributed by atoms with Gasteiger partial charge in [0.1, 0.15) is 5.56 Å². The Morgan fingerprint density at radius 2 is 1.89 bits per heavy atom. The van der Waals surface area contributed by atoms with Crippen molar-refractivity contribution in [3.8, 4) is 0 Å². The highest BCUT2D eigenvalue weighted by Crippen LogP contribution is 2.07. The van der Waals surface area contributed by atoms with E-state index in [-0.39, 0.29) is 24.4 Å². The van der Waals surface area contributed by atoms with Crippen LogP contribution in [0.1, 0.15) is 28.0 Å². The number of carbonyl (C=O) groups excluding carboxylic acids is 1. The molecule has 0 aliphatic heterocycles. The Morgan fingerprint density at radius 1 is 1.32 bits per heavy atom. The lowest BCUT2D eigenvalue weighted by Crippen LogP contribution is -2.31. The van der Waals surface area contributed by atoms with E-state index in [4.69, 9.17) is 5.11 Å². The molecule has 0 aliphatic carbocycles. The maximum atomic E-state index is 12.1. The van der Waals surface area contributed by atoms with Crippen molar-refractivity contribution in [2.24, 2.45) is 0 Å². The zero-order valence-electron chi connectivity index (χ0n) is 11.6. The summed E-state index contributed by atoms with van der Waals surface area (Å²) in [7, 11) is 3.27. The third-order valence-electron chi connectivity index (χ3n) is 2.97. The number of hydrogen-bond acceptors (Lipinski definition) is 3. The monoisotopic (exact) mass is 266 g/mol. The molecule has 0 radical (unpaired) electrons. The van der Waals surface area contributed by atoms with Crippen LogP contribution >= 0.6 is 0 Å². The van der Waals surface area contributed by atoms with E-state index >= 15 is 0 Å². The molecule has 0 saturated heterocycles. The minimum absolute atomic E-state index is 0.108. The molecular weight excluding hydrogens is 248 g/mol. The molecule has 1 rings (SSSR count). The molecule has 1 heterocycles. The summed E-state index contributed by atoms with van der Waals surface area (Å²) in [5, 5.41) is 9.04. The Morgan fingerprint density at radius 3 is 2.37 bits per heavy atom. The predicted molar refractivity (Wildman–Crippen MR) is 70.4 cm³/mol.